The van der Waals surface area contributed by atoms with Crippen LogP contribution in [0.1, 0.15) is 24.0 Å². The number of aromatic nitrogens is 2. The van der Waals surface area contributed by atoms with Crippen molar-refractivity contribution < 1.29 is 13.2 Å². The second kappa shape index (κ2) is 8.88. The molecule has 2 aromatic rings. The van der Waals surface area contributed by atoms with Crippen molar-refractivity contribution in [3.8, 4) is 0 Å². The molecule has 0 spiro atoms. The van der Waals surface area contributed by atoms with E-state index in [0.717, 1.165) is 39.0 Å². The van der Waals surface area contributed by atoms with Gasteiger partial charge in [0.2, 0.25) is 10.0 Å². The summed E-state index contributed by atoms with van der Waals surface area (Å²) in [5.74, 6) is 0.141. The third kappa shape index (κ3) is 5.37. The molecule has 1 aromatic carbocycles. The van der Waals surface area contributed by atoms with Gasteiger partial charge in [-0.1, -0.05) is 12.1 Å². The van der Waals surface area contributed by atoms with E-state index >= 15 is 0 Å². The number of hydrogen-bond donors (Lipinski definition) is 1. The number of piperazine rings is 1. The number of aryl methyl sites for hydroxylation is 1. The first kappa shape index (κ1) is 21.6. The Hall–Kier alpha value is -2.59. The average molecular weight is 447 g/mol. The highest BCUT2D eigenvalue weighted by atomic mass is 32.2. The molecule has 2 aliphatic heterocycles. The molecule has 0 aliphatic carbocycles. The van der Waals surface area contributed by atoms with E-state index in [1.165, 1.54) is 46.6 Å². The Morgan fingerprint density at radius 1 is 1.06 bits per heavy atom. The van der Waals surface area contributed by atoms with E-state index in [0.29, 0.717) is 13.1 Å². The van der Waals surface area contributed by atoms with Gasteiger partial charge in [-0.3, -0.25) is 9.62 Å². The van der Waals surface area contributed by atoms with Crippen LogP contribution in [-0.4, -0.2) is 79.6 Å². The molecule has 2 fully saturated rings. The van der Waals surface area contributed by atoms with Crippen molar-refractivity contribution in [2.24, 2.45) is 0 Å². The zero-order valence-corrected chi connectivity index (χ0v) is 18.9. The quantitative estimate of drug-likeness (QED) is 0.755. The number of carbonyl (C=O) groups excluding carboxylic acids is 1. The van der Waals surface area contributed by atoms with E-state index in [1.54, 1.807) is 4.90 Å². The summed E-state index contributed by atoms with van der Waals surface area (Å²) in [7, 11) is -3.42. The Labute approximate surface area is 183 Å². The van der Waals surface area contributed by atoms with Gasteiger partial charge in [0, 0.05) is 63.8 Å². The molecule has 1 amide bonds. The highest BCUT2D eigenvalue weighted by Crippen LogP contribution is 2.25. The molecule has 0 atom stereocenters. The highest BCUT2D eigenvalue weighted by Gasteiger charge is 2.23. The zero-order chi connectivity index (χ0) is 22.0. The first-order valence-corrected chi connectivity index (χ1v) is 12.6. The van der Waals surface area contributed by atoms with Crippen molar-refractivity contribution in [3.63, 3.8) is 0 Å². The first-order chi connectivity index (χ1) is 14.8. The van der Waals surface area contributed by atoms with Crippen LogP contribution in [0.25, 0.3) is 0 Å². The second-order valence-corrected chi connectivity index (χ2v) is 10.1. The standard InChI is InChI=1S/C21H30N6O3S/c1-17-15-18(5-6-19(17)25-8-3-4-9-25)16-24-11-13-26(14-12-24)21(28)27-10-7-20(22-27)23-31(2,29)30/h5-7,10,15H,3-4,8-9,11-14,16H2,1-2H3,(H,22,23). The molecular weight excluding hydrogens is 416 g/mol. The zero-order valence-electron chi connectivity index (χ0n) is 18.1. The van der Waals surface area contributed by atoms with Crippen LogP contribution < -0.4 is 9.62 Å². The molecule has 3 heterocycles. The maximum atomic E-state index is 12.7. The number of hydrogen-bond acceptors (Lipinski definition) is 6. The van der Waals surface area contributed by atoms with Crippen LogP contribution in [0.5, 0.6) is 0 Å². The van der Waals surface area contributed by atoms with Gasteiger partial charge >= 0.3 is 6.03 Å². The molecule has 168 valence electrons. The highest BCUT2D eigenvalue weighted by molar-refractivity contribution is 7.92. The lowest BCUT2D eigenvalue weighted by atomic mass is 10.1. The fourth-order valence-electron chi connectivity index (χ4n) is 4.30. The van der Waals surface area contributed by atoms with Gasteiger partial charge in [0.15, 0.2) is 5.82 Å². The summed E-state index contributed by atoms with van der Waals surface area (Å²) in [5, 5.41) is 4.03. The summed E-state index contributed by atoms with van der Waals surface area (Å²) in [4.78, 5) is 19.2. The smallest absolute Gasteiger partial charge is 0.344 e. The second-order valence-electron chi connectivity index (χ2n) is 8.38. The molecule has 2 saturated heterocycles. The first-order valence-electron chi connectivity index (χ1n) is 10.7. The lowest BCUT2D eigenvalue weighted by molar-refractivity contribution is 0.134. The summed E-state index contributed by atoms with van der Waals surface area (Å²) >= 11 is 0. The van der Waals surface area contributed by atoms with Crippen LogP contribution in [0, 0.1) is 6.92 Å². The Kier molecular flexibility index (Phi) is 6.19. The van der Waals surface area contributed by atoms with Gasteiger partial charge in [-0.25, -0.2) is 13.2 Å². The van der Waals surface area contributed by atoms with Gasteiger partial charge in [0.25, 0.3) is 0 Å². The van der Waals surface area contributed by atoms with Gasteiger partial charge in [-0.15, -0.1) is 5.10 Å². The number of rotatable bonds is 5. The maximum Gasteiger partial charge on any atom is 0.344 e. The largest absolute Gasteiger partial charge is 0.371 e. The van der Waals surface area contributed by atoms with Crippen LogP contribution in [-0.2, 0) is 16.6 Å². The maximum absolute atomic E-state index is 12.7. The minimum Gasteiger partial charge on any atom is -0.371 e. The van der Waals surface area contributed by atoms with Crippen molar-refractivity contribution in [3.05, 3.63) is 41.6 Å². The summed E-state index contributed by atoms with van der Waals surface area (Å²) < 4.78 is 26.1. The van der Waals surface area contributed by atoms with E-state index in [1.807, 2.05) is 0 Å². The number of carbonyl (C=O) groups is 1. The van der Waals surface area contributed by atoms with E-state index < -0.39 is 10.0 Å². The van der Waals surface area contributed by atoms with Crippen molar-refractivity contribution >= 4 is 27.6 Å². The summed E-state index contributed by atoms with van der Waals surface area (Å²) in [5.41, 5.74) is 3.97. The minimum atomic E-state index is -3.42. The lowest BCUT2D eigenvalue weighted by Gasteiger charge is -2.34. The Morgan fingerprint density at radius 2 is 1.77 bits per heavy atom. The van der Waals surface area contributed by atoms with E-state index in [9.17, 15) is 13.2 Å². The fraction of sp³-hybridized carbons (Fsp3) is 0.524. The van der Waals surface area contributed by atoms with E-state index in [4.69, 9.17) is 0 Å². The third-order valence-electron chi connectivity index (χ3n) is 5.83. The minimum absolute atomic E-state index is 0.141. The van der Waals surface area contributed by atoms with Crippen LogP contribution in [0.2, 0.25) is 0 Å². The van der Waals surface area contributed by atoms with Crippen molar-refractivity contribution in [1.29, 1.82) is 0 Å². The molecule has 4 rings (SSSR count). The average Bonchev–Trinajstić information content (AvgIpc) is 3.39. The lowest BCUT2D eigenvalue weighted by Crippen LogP contribution is -2.49. The predicted octanol–water partition coefficient (Wildman–Crippen LogP) is 1.95. The van der Waals surface area contributed by atoms with Gasteiger partial charge in [-0.2, -0.15) is 4.68 Å². The number of sulfonamides is 1. The van der Waals surface area contributed by atoms with Gasteiger partial charge in [0.1, 0.15) is 0 Å². The molecule has 1 aromatic heterocycles. The molecule has 0 bridgehead atoms. The van der Waals surface area contributed by atoms with Gasteiger partial charge in [-0.05, 0) is 37.0 Å². The number of nitrogens with zero attached hydrogens (tertiary/aromatic N) is 5. The molecule has 2 aliphatic rings. The monoisotopic (exact) mass is 446 g/mol. The van der Waals surface area contributed by atoms with Crippen molar-refractivity contribution in [1.82, 2.24) is 19.6 Å². The predicted molar refractivity (Wildman–Crippen MR) is 121 cm³/mol. The fourth-order valence-corrected chi connectivity index (χ4v) is 4.79. The summed E-state index contributed by atoms with van der Waals surface area (Å²) in [6, 6.07) is 7.98. The van der Waals surface area contributed by atoms with E-state index in [-0.39, 0.29) is 11.8 Å². The Morgan fingerprint density at radius 3 is 2.42 bits per heavy atom. The molecule has 31 heavy (non-hydrogen) atoms. The molecule has 10 heteroatoms. The van der Waals surface area contributed by atoms with Crippen LogP contribution in [0.3, 0.4) is 0 Å². The van der Waals surface area contributed by atoms with Gasteiger partial charge in [0.05, 0.1) is 6.26 Å². The summed E-state index contributed by atoms with van der Waals surface area (Å²) in [6.45, 7) is 8.15. The van der Waals surface area contributed by atoms with Crippen LogP contribution in [0.15, 0.2) is 30.5 Å². The third-order valence-corrected chi connectivity index (χ3v) is 6.41. The van der Waals surface area contributed by atoms with Crippen molar-refractivity contribution in [2.75, 3.05) is 55.1 Å². The molecule has 0 radical (unpaired) electrons. The molecule has 0 unspecified atom stereocenters. The van der Waals surface area contributed by atoms with E-state index in [2.05, 4.69) is 44.7 Å². The Balaban J connectivity index is 1.30. The normalized spacial score (nSPS) is 17.9. The number of amides is 1. The SMILES string of the molecule is Cc1cc(CN2CCN(C(=O)n3ccc(NS(C)(=O)=O)n3)CC2)ccc1N1CCCC1. The number of nitrogens with one attached hydrogen (secondary N) is 1. The molecule has 9 nitrogen and oxygen atoms in total. The van der Waals surface area contributed by atoms with Crippen molar-refractivity contribution in [2.45, 2.75) is 26.3 Å². The van der Waals surface area contributed by atoms with Crippen LogP contribution in [0.4, 0.5) is 16.3 Å². The van der Waals surface area contributed by atoms with Crippen LogP contribution >= 0.6 is 0 Å². The molecular formula is C21H30N6O3S. The number of anilines is 2. The topological polar surface area (TPSA) is 90.8 Å². The summed E-state index contributed by atoms with van der Waals surface area (Å²) in [6.07, 6.45) is 5.08. The Bertz CT molecular complexity index is 1040. The molecule has 0 saturated carbocycles. The molecule has 1 N–H and O–H groups in total. The number of benzene rings is 1. The van der Waals surface area contributed by atoms with Gasteiger partial charge < -0.3 is 9.80 Å².